The molecule has 0 spiro atoms. The summed E-state index contributed by atoms with van der Waals surface area (Å²) in [5.41, 5.74) is 5.41. The summed E-state index contributed by atoms with van der Waals surface area (Å²) >= 11 is 4.75. The molecule has 0 bridgehead atoms. The zero-order valence-corrected chi connectivity index (χ0v) is 11.0. The van der Waals surface area contributed by atoms with E-state index >= 15 is 0 Å². The highest BCUT2D eigenvalue weighted by atomic mass is 32.2. The summed E-state index contributed by atoms with van der Waals surface area (Å²) < 4.78 is 27.7. The average Bonchev–Trinajstić information content (AvgIpc) is 2.74. The smallest absolute Gasteiger partial charge is 0.223 e. The second-order valence-corrected chi connectivity index (χ2v) is 6.68. The van der Waals surface area contributed by atoms with Gasteiger partial charge in [-0.15, -0.1) is 0 Å². The largest absolute Gasteiger partial charge is 0.392 e. The second kappa shape index (κ2) is 4.35. The van der Waals surface area contributed by atoms with Gasteiger partial charge in [-0.2, -0.15) is 4.31 Å². The number of fused-ring (bicyclic) bond motifs is 1. The maximum atomic E-state index is 12.2. The molecule has 1 aromatic rings. The molecule has 1 atom stereocenters. The fraction of sp³-hybridized carbons (Fsp3) is 0.556. The molecule has 1 aliphatic rings. The number of nitrogens with two attached hydrogens (primary N) is 1. The van der Waals surface area contributed by atoms with Crippen molar-refractivity contribution < 1.29 is 8.42 Å². The molecule has 17 heavy (non-hydrogen) atoms. The summed E-state index contributed by atoms with van der Waals surface area (Å²) in [6.07, 6.45) is 3.51. The lowest BCUT2D eigenvalue weighted by atomic mass is 10.4. The molecular weight excluding hydrogens is 260 g/mol. The van der Waals surface area contributed by atoms with Gasteiger partial charge in [0, 0.05) is 25.5 Å². The monoisotopic (exact) mass is 274 g/mol. The zero-order valence-electron chi connectivity index (χ0n) is 9.41. The number of nitrogens with zero attached hydrogens (tertiary/aromatic N) is 3. The Hall–Kier alpha value is -0.990. The number of aromatic nitrogens is 2. The number of hydrogen-bond donors (Lipinski definition) is 1. The minimum absolute atomic E-state index is 0.00100. The van der Waals surface area contributed by atoms with Crippen LogP contribution in [0.4, 0.5) is 0 Å². The van der Waals surface area contributed by atoms with Gasteiger partial charge >= 0.3 is 0 Å². The molecule has 0 aliphatic carbocycles. The first-order chi connectivity index (χ1) is 7.93. The second-order valence-electron chi connectivity index (χ2n) is 3.96. The van der Waals surface area contributed by atoms with Crippen LogP contribution in [0, 0.1) is 0 Å². The molecule has 0 fully saturated rings. The Bertz CT molecular complexity index is 537. The van der Waals surface area contributed by atoms with E-state index in [1.165, 1.54) is 11.2 Å². The Labute approximate surface area is 105 Å². The highest BCUT2D eigenvalue weighted by Crippen LogP contribution is 2.17. The Morgan fingerprint density at radius 2 is 2.29 bits per heavy atom. The van der Waals surface area contributed by atoms with Crippen LogP contribution in [0.15, 0.2) is 12.4 Å². The fourth-order valence-corrected chi connectivity index (χ4v) is 3.48. The molecular formula is C9H14N4O2S2. The summed E-state index contributed by atoms with van der Waals surface area (Å²) in [6, 6.07) is 0. The maximum absolute atomic E-state index is 12.2. The molecule has 1 aromatic heterocycles. The number of imidazole rings is 1. The third-order valence-corrected chi connectivity index (χ3v) is 5.60. The minimum Gasteiger partial charge on any atom is -0.392 e. The number of hydrogen-bond acceptors (Lipinski definition) is 4. The third kappa shape index (κ3) is 2.20. The fourth-order valence-electron chi connectivity index (χ4n) is 1.74. The first-order valence-electron chi connectivity index (χ1n) is 5.21. The Morgan fingerprint density at radius 3 is 2.94 bits per heavy atom. The van der Waals surface area contributed by atoms with E-state index in [4.69, 9.17) is 18.0 Å². The van der Waals surface area contributed by atoms with Crippen LogP contribution in [0.1, 0.15) is 12.7 Å². The van der Waals surface area contributed by atoms with E-state index in [2.05, 4.69) is 4.98 Å². The molecule has 8 heteroatoms. The molecule has 2 heterocycles. The summed E-state index contributed by atoms with van der Waals surface area (Å²) in [7, 11) is -3.47. The van der Waals surface area contributed by atoms with Crippen molar-refractivity contribution in [3.63, 3.8) is 0 Å². The average molecular weight is 274 g/mol. The maximum Gasteiger partial charge on any atom is 0.223 e. The standard InChI is InChI=1S/C9H14N4O2S2/c1-7(9(10)16)17(14,15)13-5-4-12-3-2-11-8(12)6-13/h2-3,7H,4-6H2,1H3,(H2,10,16). The van der Waals surface area contributed by atoms with Crippen molar-refractivity contribution in [3.8, 4) is 0 Å². The molecule has 1 aliphatic heterocycles. The predicted molar refractivity (Wildman–Crippen MR) is 67.8 cm³/mol. The van der Waals surface area contributed by atoms with Crippen LogP contribution in [-0.4, -0.2) is 39.1 Å². The molecule has 6 nitrogen and oxygen atoms in total. The van der Waals surface area contributed by atoms with E-state index in [0.717, 1.165) is 5.82 Å². The Kier molecular flexibility index (Phi) is 3.19. The molecule has 94 valence electrons. The van der Waals surface area contributed by atoms with Gasteiger partial charge in [-0.05, 0) is 6.92 Å². The van der Waals surface area contributed by atoms with Gasteiger partial charge in [0.25, 0.3) is 0 Å². The van der Waals surface area contributed by atoms with Crippen LogP contribution in [-0.2, 0) is 23.1 Å². The summed E-state index contributed by atoms with van der Waals surface area (Å²) in [5.74, 6) is 0.745. The van der Waals surface area contributed by atoms with E-state index in [0.29, 0.717) is 13.1 Å². The van der Waals surface area contributed by atoms with Crippen molar-refractivity contribution >= 4 is 27.2 Å². The number of rotatable bonds is 3. The lowest BCUT2D eigenvalue weighted by molar-refractivity contribution is 0.334. The van der Waals surface area contributed by atoms with E-state index in [1.54, 1.807) is 6.20 Å². The van der Waals surface area contributed by atoms with Crippen molar-refractivity contribution in [1.82, 2.24) is 13.9 Å². The molecule has 0 saturated heterocycles. The van der Waals surface area contributed by atoms with Crippen LogP contribution in [0.3, 0.4) is 0 Å². The van der Waals surface area contributed by atoms with Crippen LogP contribution in [0.25, 0.3) is 0 Å². The molecule has 0 amide bonds. The summed E-state index contributed by atoms with van der Waals surface area (Å²) in [4.78, 5) is 4.12. The molecule has 0 saturated carbocycles. The molecule has 1 unspecified atom stereocenters. The summed E-state index contributed by atoms with van der Waals surface area (Å²) in [5, 5.41) is -0.834. The number of sulfonamides is 1. The number of thiocarbonyl (C=S) groups is 1. The van der Waals surface area contributed by atoms with Crippen molar-refractivity contribution in [2.75, 3.05) is 6.54 Å². The van der Waals surface area contributed by atoms with Crippen molar-refractivity contribution in [2.24, 2.45) is 5.73 Å². The van der Waals surface area contributed by atoms with Gasteiger partial charge in [0.15, 0.2) is 0 Å². The molecule has 0 aromatic carbocycles. The van der Waals surface area contributed by atoms with Gasteiger partial charge in [0.2, 0.25) is 10.0 Å². The lowest BCUT2D eigenvalue weighted by Gasteiger charge is -2.29. The molecule has 0 radical (unpaired) electrons. The van der Waals surface area contributed by atoms with Crippen LogP contribution in [0.2, 0.25) is 0 Å². The highest BCUT2D eigenvalue weighted by molar-refractivity contribution is 7.92. The normalized spacial score (nSPS) is 18.6. The molecule has 2 N–H and O–H groups in total. The van der Waals surface area contributed by atoms with E-state index in [9.17, 15) is 8.42 Å². The molecule has 2 rings (SSSR count). The van der Waals surface area contributed by atoms with Crippen molar-refractivity contribution in [2.45, 2.75) is 25.3 Å². The first kappa shape index (κ1) is 12.5. The van der Waals surface area contributed by atoms with E-state index in [-0.39, 0.29) is 11.5 Å². The Balaban J connectivity index is 2.24. The zero-order chi connectivity index (χ0) is 12.6. The van der Waals surface area contributed by atoms with Crippen molar-refractivity contribution in [3.05, 3.63) is 18.2 Å². The minimum atomic E-state index is -3.47. The topological polar surface area (TPSA) is 81.2 Å². The quantitative estimate of drug-likeness (QED) is 0.766. The van der Waals surface area contributed by atoms with Gasteiger partial charge in [-0.25, -0.2) is 13.4 Å². The van der Waals surface area contributed by atoms with Gasteiger partial charge in [0.05, 0.1) is 11.5 Å². The van der Waals surface area contributed by atoms with Gasteiger partial charge in [0.1, 0.15) is 11.1 Å². The van der Waals surface area contributed by atoms with E-state index in [1.807, 2.05) is 10.8 Å². The van der Waals surface area contributed by atoms with Crippen LogP contribution < -0.4 is 5.73 Å². The third-order valence-electron chi connectivity index (χ3n) is 2.92. The first-order valence-corrected chi connectivity index (χ1v) is 7.12. The van der Waals surface area contributed by atoms with Crippen LogP contribution in [0.5, 0.6) is 0 Å². The SMILES string of the molecule is CC(C(N)=S)S(=O)(=O)N1CCn2ccnc2C1. The van der Waals surface area contributed by atoms with E-state index < -0.39 is 15.3 Å². The van der Waals surface area contributed by atoms with Gasteiger partial charge < -0.3 is 10.3 Å². The lowest BCUT2D eigenvalue weighted by Crippen LogP contribution is -2.46. The predicted octanol–water partition coefficient (Wildman–Crippen LogP) is -0.297. The van der Waals surface area contributed by atoms with Gasteiger partial charge in [-0.1, -0.05) is 12.2 Å². The summed E-state index contributed by atoms with van der Waals surface area (Å²) in [6.45, 7) is 2.83. The highest BCUT2D eigenvalue weighted by Gasteiger charge is 2.33. The van der Waals surface area contributed by atoms with Crippen LogP contribution >= 0.6 is 12.2 Å². The Morgan fingerprint density at radius 1 is 1.59 bits per heavy atom. The van der Waals surface area contributed by atoms with Gasteiger partial charge in [-0.3, -0.25) is 0 Å². The van der Waals surface area contributed by atoms with Crippen molar-refractivity contribution in [1.29, 1.82) is 0 Å².